The van der Waals surface area contributed by atoms with E-state index in [1.165, 1.54) is 0 Å². The fraction of sp³-hybridized carbons (Fsp3) is 0.550. The second kappa shape index (κ2) is 8.92. The molecule has 1 amide bonds. The Morgan fingerprint density at radius 2 is 1.86 bits per heavy atom. The quantitative estimate of drug-likeness (QED) is 0.778. The van der Waals surface area contributed by atoms with Crippen LogP contribution in [-0.4, -0.2) is 71.7 Å². The number of carbonyl (C=O) groups is 1. The molecule has 1 aromatic carbocycles. The number of piperazine rings is 1. The average molecular weight is 406 g/mol. The SMILES string of the molecule is CCN1CCN(C(=O)[C@H]2CCN(c3ccc(-c4nc(C)no4)cc3)C2)CC1.Cl. The van der Waals surface area contributed by atoms with Crippen molar-refractivity contribution in [3.63, 3.8) is 0 Å². The fourth-order valence-electron chi connectivity index (χ4n) is 3.97. The first-order valence-electron chi connectivity index (χ1n) is 9.81. The average Bonchev–Trinajstić information content (AvgIpc) is 3.37. The molecule has 8 heteroatoms. The summed E-state index contributed by atoms with van der Waals surface area (Å²) in [5, 5.41) is 3.84. The van der Waals surface area contributed by atoms with Crippen LogP contribution in [0.4, 0.5) is 5.69 Å². The molecule has 28 heavy (non-hydrogen) atoms. The van der Waals surface area contributed by atoms with Crippen molar-refractivity contribution in [2.45, 2.75) is 20.3 Å². The van der Waals surface area contributed by atoms with Crippen molar-refractivity contribution in [2.24, 2.45) is 5.92 Å². The molecule has 0 N–H and O–H groups in total. The van der Waals surface area contributed by atoms with E-state index in [1.54, 1.807) is 0 Å². The van der Waals surface area contributed by atoms with Crippen LogP contribution in [0.15, 0.2) is 28.8 Å². The van der Waals surface area contributed by atoms with Gasteiger partial charge in [0.1, 0.15) is 0 Å². The Morgan fingerprint density at radius 3 is 2.46 bits per heavy atom. The minimum absolute atomic E-state index is 0. The van der Waals surface area contributed by atoms with Gasteiger partial charge in [-0.3, -0.25) is 4.79 Å². The third-order valence-corrected chi connectivity index (χ3v) is 5.68. The fourth-order valence-corrected chi connectivity index (χ4v) is 3.97. The van der Waals surface area contributed by atoms with E-state index in [0.29, 0.717) is 17.6 Å². The number of likely N-dealkylation sites (N-methyl/N-ethyl adjacent to an activating group) is 1. The lowest BCUT2D eigenvalue weighted by Gasteiger charge is -2.35. The van der Waals surface area contributed by atoms with E-state index in [0.717, 1.165) is 63.5 Å². The molecule has 0 aliphatic carbocycles. The first kappa shape index (κ1) is 20.6. The molecular weight excluding hydrogens is 378 g/mol. The number of anilines is 1. The highest BCUT2D eigenvalue weighted by atomic mass is 35.5. The first-order valence-corrected chi connectivity index (χ1v) is 9.81. The van der Waals surface area contributed by atoms with Crippen molar-refractivity contribution >= 4 is 24.0 Å². The molecule has 0 unspecified atom stereocenters. The zero-order chi connectivity index (χ0) is 18.8. The van der Waals surface area contributed by atoms with Gasteiger partial charge >= 0.3 is 0 Å². The number of benzene rings is 1. The van der Waals surface area contributed by atoms with Crippen LogP contribution < -0.4 is 4.90 Å². The largest absolute Gasteiger partial charge is 0.371 e. The van der Waals surface area contributed by atoms with Gasteiger partial charge in [0.15, 0.2) is 5.82 Å². The summed E-state index contributed by atoms with van der Waals surface area (Å²) in [5.41, 5.74) is 2.06. The third kappa shape index (κ3) is 4.31. The number of aryl methyl sites for hydroxylation is 1. The van der Waals surface area contributed by atoms with Gasteiger partial charge in [-0.2, -0.15) is 4.98 Å². The van der Waals surface area contributed by atoms with Crippen LogP contribution in [-0.2, 0) is 4.79 Å². The number of rotatable bonds is 4. The van der Waals surface area contributed by atoms with Crippen molar-refractivity contribution in [3.8, 4) is 11.5 Å². The van der Waals surface area contributed by atoms with Gasteiger partial charge in [-0.05, 0) is 44.2 Å². The van der Waals surface area contributed by atoms with Crippen LogP contribution in [0.3, 0.4) is 0 Å². The molecule has 1 aromatic heterocycles. The second-order valence-corrected chi connectivity index (χ2v) is 7.38. The van der Waals surface area contributed by atoms with Crippen molar-refractivity contribution in [1.82, 2.24) is 19.9 Å². The number of carbonyl (C=O) groups excluding carboxylic acids is 1. The monoisotopic (exact) mass is 405 g/mol. The van der Waals surface area contributed by atoms with E-state index in [2.05, 4.69) is 43.9 Å². The van der Waals surface area contributed by atoms with Gasteiger partial charge in [-0.25, -0.2) is 0 Å². The number of nitrogens with zero attached hydrogens (tertiary/aromatic N) is 5. The molecule has 2 aliphatic heterocycles. The smallest absolute Gasteiger partial charge is 0.257 e. The van der Waals surface area contributed by atoms with Crippen molar-refractivity contribution in [2.75, 3.05) is 50.7 Å². The maximum absolute atomic E-state index is 12.9. The summed E-state index contributed by atoms with van der Waals surface area (Å²) in [6.07, 6.45) is 0.928. The van der Waals surface area contributed by atoms with Gasteiger partial charge in [0.25, 0.3) is 5.89 Å². The maximum atomic E-state index is 12.9. The summed E-state index contributed by atoms with van der Waals surface area (Å²) >= 11 is 0. The molecule has 7 nitrogen and oxygen atoms in total. The van der Waals surface area contributed by atoms with Gasteiger partial charge in [0.05, 0.1) is 5.92 Å². The summed E-state index contributed by atoms with van der Waals surface area (Å²) in [5.74, 6) is 1.61. The van der Waals surface area contributed by atoms with Crippen molar-refractivity contribution < 1.29 is 9.32 Å². The Morgan fingerprint density at radius 1 is 1.14 bits per heavy atom. The van der Waals surface area contributed by atoms with Crippen LogP contribution in [0.1, 0.15) is 19.2 Å². The van der Waals surface area contributed by atoms with E-state index in [4.69, 9.17) is 4.52 Å². The lowest BCUT2D eigenvalue weighted by Crippen LogP contribution is -2.50. The molecule has 0 bridgehead atoms. The standard InChI is InChI=1S/C20H27N5O2.ClH/c1-3-23-10-12-24(13-11-23)20(26)17-8-9-25(14-17)18-6-4-16(5-7-18)19-21-15(2)22-27-19;/h4-7,17H,3,8-14H2,1-2H3;1H/t17-;/m0./s1. The highest BCUT2D eigenvalue weighted by Gasteiger charge is 2.32. The molecule has 2 saturated heterocycles. The van der Waals surface area contributed by atoms with Crippen LogP contribution >= 0.6 is 12.4 Å². The van der Waals surface area contributed by atoms with Crippen LogP contribution in [0.25, 0.3) is 11.5 Å². The zero-order valence-electron chi connectivity index (χ0n) is 16.5. The van der Waals surface area contributed by atoms with E-state index in [1.807, 2.05) is 19.1 Å². The first-order chi connectivity index (χ1) is 13.1. The Balaban J connectivity index is 0.00000225. The molecular formula is C20H28ClN5O2. The highest BCUT2D eigenvalue weighted by Crippen LogP contribution is 2.27. The lowest BCUT2D eigenvalue weighted by molar-refractivity contribution is -0.136. The van der Waals surface area contributed by atoms with Crippen LogP contribution in [0.5, 0.6) is 0 Å². The number of hydrogen-bond acceptors (Lipinski definition) is 6. The molecule has 152 valence electrons. The van der Waals surface area contributed by atoms with Crippen LogP contribution in [0.2, 0.25) is 0 Å². The predicted octanol–water partition coefficient (Wildman–Crippen LogP) is 2.46. The topological polar surface area (TPSA) is 65.7 Å². The summed E-state index contributed by atoms with van der Waals surface area (Å²) in [7, 11) is 0. The Bertz CT molecular complexity index is 786. The van der Waals surface area contributed by atoms with Crippen LogP contribution in [0, 0.1) is 12.8 Å². The minimum atomic E-state index is 0. The van der Waals surface area contributed by atoms with Gasteiger partial charge in [0.2, 0.25) is 5.91 Å². The molecule has 0 saturated carbocycles. The van der Waals surface area contributed by atoms with Gasteiger partial charge < -0.3 is 19.2 Å². The molecule has 3 heterocycles. The van der Waals surface area contributed by atoms with E-state index < -0.39 is 0 Å². The van der Waals surface area contributed by atoms with Gasteiger partial charge in [0, 0.05) is 50.5 Å². The highest BCUT2D eigenvalue weighted by molar-refractivity contribution is 5.85. The minimum Gasteiger partial charge on any atom is -0.371 e. The molecule has 0 radical (unpaired) electrons. The molecule has 0 spiro atoms. The van der Waals surface area contributed by atoms with Gasteiger partial charge in [-0.15, -0.1) is 12.4 Å². The summed E-state index contributed by atoms with van der Waals surface area (Å²) in [6, 6.07) is 8.15. The number of amides is 1. The second-order valence-electron chi connectivity index (χ2n) is 7.38. The van der Waals surface area contributed by atoms with Gasteiger partial charge in [-0.1, -0.05) is 12.1 Å². The Kier molecular flexibility index (Phi) is 6.57. The normalized spacial score (nSPS) is 20.3. The molecule has 2 aromatic rings. The molecule has 2 fully saturated rings. The number of halogens is 1. The number of aromatic nitrogens is 2. The summed E-state index contributed by atoms with van der Waals surface area (Å²) in [4.78, 5) is 23.9. The van der Waals surface area contributed by atoms with Crippen molar-refractivity contribution in [3.05, 3.63) is 30.1 Å². The molecule has 4 rings (SSSR count). The summed E-state index contributed by atoms with van der Waals surface area (Å²) < 4.78 is 5.22. The molecule has 1 atom stereocenters. The molecule has 2 aliphatic rings. The predicted molar refractivity (Wildman–Crippen MR) is 111 cm³/mol. The Hall–Kier alpha value is -2.12. The summed E-state index contributed by atoms with van der Waals surface area (Å²) in [6.45, 7) is 10.5. The number of hydrogen-bond donors (Lipinski definition) is 0. The van der Waals surface area contributed by atoms with Crippen molar-refractivity contribution in [1.29, 1.82) is 0 Å². The van der Waals surface area contributed by atoms with E-state index in [9.17, 15) is 4.79 Å². The third-order valence-electron chi connectivity index (χ3n) is 5.68. The maximum Gasteiger partial charge on any atom is 0.257 e. The lowest BCUT2D eigenvalue weighted by atomic mass is 10.1. The Labute approximate surface area is 172 Å². The van der Waals surface area contributed by atoms with E-state index in [-0.39, 0.29) is 18.3 Å². The van der Waals surface area contributed by atoms with E-state index >= 15 is 0 Å². The zero-order valence-corrected chi connectivity index (χ0v) is 17.3.